The molecule has 1 aromatic heterocycles. The van der Waals surface area contributed by atoms with Gasteiger partial charge in [-0.1, -0.05) is 0 Å². The number of carbonyl (C=O) groups is 1. The van der Waals surface area contributed by atoms with Crippen LogP contribution in [0.1, 0.15) is 24.7 Å². The highest BCUT2D eigenvalue weighted by atomic mass is 16.2. The predicted molar refractivity (Wildman–Crippen MR) is 67.9 cm³/mol. The van der Waals surface area contributed by atoms with Crippen molar-refractivity contribution in [1.29, 1.82) is 0 Å². The molecule has 1 amide bonds. The zero-order valence-electron chi connectivity index (χ0n) is 10.6. The van der Waals surface area contributed by atoms with Gasteiger partial charge in [0.15, 0.2) is 0 Å². The third kappa shape index (κ3) is 2.64. The van der Waals surface area contributed by atoms with Crippen LogP contribution in [-0.2, 0) is 4.79 Å². The minimum atomic E-state index is 0.0655. The quantitative estimate of drug-likeness (QED) is 0.816. The Kier molecular flexibility index (Phi) is 3.43. The first-order valence-electron chi connectivity index (χ1n) is 6.06. The summed E-state index contributed by atoms with van der Waals surface area (Å²) in [6.07, 6.45) is 0.908. The van der Waals surface area contributed by atoms with Crippen LogP contribution >= 0.6 is 0 Å². The zero-order chi connectivity index (χ0) is 12.4. The van der Waals surface area contributed by atoms with Gasteiger partial charge in [-0.05, 0) is 45.9 Å². The Morgan fingerprint density at radius 2 is 2.24 bits per heavy atom. The Labute approximate surface area is 102 Å². The van der Waals surface area contributed by atoms with Gasteiger partial charge in [-0.3, -0.25) is 9.78 Å². The van der Waals surface area contributed by atoms with Crippen molar-refractivity contribution < 1.29 is 4.79 Å². The molecule has 1 fully saturated rings. The average molecular weight is 233 g/mol. The van der Waals surface area contributed by atoms with Gasteiger partial charge < -0.3 is 10.6 Å². The van der Waals surface area contributed by atoms with E-state index < -0.39 is 0 Å². The molecule has 1 saturated heterocycles. The first kappa shape index (κ1) is 12.0. The maximum absolute atomic E-state index is 12.1. The Morgan fingerprint density at radius 3 is 2.82 bits per heavy atom. The Morgan fingerprint density at radius 1 is 1.47 bits per heavy atom. The number of hydrogen-bond donors (Lipinski definition) is 2. The maximum atomic E-state index is 12.1. The minimum Gasteiger partial charge on any atom is -0.324 e. The van der Waals surface area contributed by atoms with E-state index in [9.17, 15) is 4.79 Å². The van der Waals surface area contributed by atoms with Crippen LogP contribution in [-0.4, -0.2) is 23.5 Å². The van der Waals surface area contributed by atoms with Gasteiger partial charge in [-0.2, -0.15) is 0 Å². The fourth-order valence-electron chi connectivity index (χ4n) is 2.26. The standard InChI is InChI=1S/C13H19N3O/c1-8-4-5-12(10(3)15-8)16-13(17)11-6-7-14-9(11)2/h4-5,9,11,14H,6-7H2,1-3H3,(H,16,17). The zero-order valence-corrected chi connectivity index (χ0v) is 10.6. The number of nitrogens with one attached hydrogen (secondary N) is 2. The van der Waals surface area contributed by atoms with E-state index in [1.54, 1.807) is 0 Å². The smallest absolute Gasteiger partial charge is 0.229 e. The van der Waals surface area contributed by atoms with Crippen LogP contribution in [0, 0.1) is 19.8 Å². The monoisotopic (exact) mass is 233 g/mol. The van der Waals surface area contributed by atoms with Gasteiger partial charge in [0.2, 0.25) is 5.91 Å². The summed E-state index contributed by atoms with van der Waals surface area (Å²) in [6, 6.07) is 4.09. The number of aromatic nitrogens is 1. The largest absolute Gasteiger partial charge is 0.324 e. The van der Waals surface area contributed by atoms with Gasteiger partial charge in [0, 0.05) is 11.7 Å². The van der Waals surface area contributed by atoms with Crippen molar-refractivity contribution in [3.63, 3.8) is 0 Å². The number of hydrogen-bond acceptors (Lipinski definition) is 3. The normalized spacial score (nSPS) is 23.7. The molecular formula is C13H19N3O. The highest BCUT2D eigenvalue weighted by Crippen LogP contribution is 2.19. The van der Waals surface area contributed by atoms with Gasteiger partial charge >= 0.3 is 0 Å². The Hall–Kier alpha value is -1.42. The molecule has 4 heteroatoms. The van der Waals surface area contributed by atoms with Crippen LogP contribution in [0.4, 0.5) is 5.69 Å². The fourth-order valence-corrected chi connectivity index (χ4v) is 2.26. The fraction of sp³-hybridized carbons (Fsp3) is 0.538. The first-order chi connectivity index (χ1) is 8.08. The van der Waals surface area contributed by atoms with Crippen LogP contribution in [0.25, 0.3) is 0 Å². The Balaban J connectivity index is 2.07. The molecule has 1 aliphatic heterocycles. The van der Waals surface area contributed by atoms with Crippen molar-refractivity contribution in [2.45, 2.75) is 33.2 Å². The molecule has 2 rings (SSSR count). The van der Waals surface area contributed by atoms with E-state index in [4.69, 9.17) is 0 Å². The molecule has 2 heterocycles. The molecule has 2 atom stereocenters. The SMILES string of the molecule is Cc1ccc(NC(=O)C2CCNC2C)c(C)n1. The van der Waals surface area contributed by atoms with Gasteiger partial charge in [-0.25, -0.2) is 0 Å². The number of pyridine rings is 1. The molecule has 1 aliphatic rings. The van der Waals surface area contributed by atoms with E-state index >= 15 is 0 Å². The molecule has 4 nitrogen and oxygen atoms in total. The van der Waals surface area contributed by atoms with Crippen molar-refractivity contribution in [3.8, 4) is 0 Å². The summed E-state index contributed by atoms with van der Waals surface area (Å²) in [5.41, 5.74) is 2.66. The second-order valence-corrected chi connectivity index (χ2v) is 4.71. The van der Waals surface area contributed by atoms with Gasteiger partial charge in [0.05, 0.1) is 17.3 Å². The summed E-state index contributed by atoms with van der Waals surface area (Å²) < 4.78 is 0. The highest BCUT2D eigenvalue weighted by molar-refractivity contribution is 5.93. The summed E-state index contributed by atoms with van der Waals surface area (Å²) in [6.45, 7) is 6.84. The van der Waals surface area contributed by atoms with Crippen LogP contribution in [0.3, 0.4) is 0 Å². The van der Waals surface area contributed by atoms with Gasteiger partial charge in [0.25, 0.3) is 0 Å². The van der Waals surface area contributed by atoms with E-state index in [1.165, 1.54) is 0 Å². The number of anilines is 1. The van der Waals surface area contributed by atoms with E-state index in [2.05, 4.69) is 22.5 Å². The topological polar surface area (TPSA) is 54.0 Å². The van der Waals surface area contributed by atoms with Crippen LogP contribution < -0.4 is 10.6 Å². The van der Waals surface area contributed by atoms with Crippen molar-refractivity contribution in [3.05, 3.63) is 23.5 Å². The van der Waals surface area contributed by atoms with Crippen LogP contribution in [0.2, 0.25) is 0 Å². The second-order valence-electron chi connectivity index (χ2n) is 4.71. The number of carbonyl (C=O) groups excluding carboxylic acids is 1. The van der Waals surface area contributed by atoms with Crippen LogP contribution in [0.15, 0.2) is 12.1 Å². The van der Waals surface area contributed by atoms with Crippen LogP contribution in [0.5, 0.6) is 0 Å². The molecule has 0 aromatic carbocycles. The first-order valence-corrected chi connectivity index (χ1v) is 6.06. The number of nitrogens with zero attached hydrogens (tertiary/aromatic N) is 1. The second kappa shape index (κ2) is 4.84. The molecule has 0 radical (unpaired) electrons. The summed E-state index contributed by atoms with van der Waals surface area (Å²) in [4.78, 5) is 16.4. The lowest BCUT2D eigenvalue weighted by Crippen LogP contribution is -2.32. The molecule has 0 aliphatic carbocycles. The highest BCUT2D eigenvalue weighted by Gasteiger charge is 2.29. The Bertz CT molecular complexity index is 431. The van der Waals surface area contributed by atoms with E-state index in [-0.39, 0.29) is 17.9 Å². The lowest BCUT2D eigenvalue weighted by Gasteiger charge is -2.15. The van der Waals surface area contributed by atoms with E-state index in [0.29, 0.717) is 0 Å². The molecule has 0 spiro atoms. The van der Waals surface area contributed by atoms with Crippen molar-refractivity contribution >= 4 is 11.6 Å². The number of aryl methyl sites for hydroxylation is 2. The molecule has 2 N–H and O–H groups in total. The summed E-state index contributed by atoms with van der Waals surface area (Å²) in [5, 5.41) is 6.25. The summed E-state index contributed by atoms with van der Waals surface area (Å²) >= 11 is 0. The lowest BCUT2D eigenvalue weighted by molar-refractivity contribution is -0.120. The molecular weight excluding hydrogens is 214 g/mol. The third-order valence-electron chi connectivity index (χ3n) is 3.34. The van der Waals surface area contributed by atoms with E-state index in [0.717, 1.165) is 30.0 Å². The molecule has 0 saturated carbocycles. The predicted octanol–water partition coefficient (Wildman–Crippen LogP) is 1.63. The average Bonchev–Trinajstić information content (AvgIpc) is 2.68. The van der Waals surface area contributed by atoms with Gasteiger partial charge in [0.1, 0.15) is 0 Å². The molecule has 92 valence electrons. The number of amides is 1. The molecule has 0 bridgehead atoms. The van der Waals surface area contributed by atoms with Crippen molar-refractivity contribution in [2.75, 3.05) is 11.9 Å². The maximum Gasteiger partial charge on any atom is 0.229 e. The van der Waals surface area contributed by atoms with Crippen molar-refractivity contribution in [1.82, 2.24) is 10.3 Å². The lowest BCUT2D eigenvalue weighted by atomic mass is 10.0. The van der Waals surface area contributed by atoms with Crippen molar-refractivity contribution in [2.24, 2.45) is 5.92 Å². The number of rotatable bonds is 2. The summed E-state index contributed by atoms with van der Waals surface area (Å²) in [5.74, 6) is 0.159. The van der Waals surface area contributed by atoms with Gasteiger partial charge in [-0.15, -0.1) is 0 Å². The summed E-state index contributed by atoms with van der Waals surface area (Å²) in [7, 11) is 0. The minimum absolute atomic E-state index is 0.0655. The molecule has 17 heavy (non-hydrogen) atoms. The third-order valence-corrected chi connectivity index (χ3v) is 3.34. The molecule has 2 unspecified atom stereocenters. The van der Waals surface area contributed by atoms with E-state index in [1.807, 2.05) is 26.0 Å². The molecule has 1 aromatic rings.